The van der Waals surface area contributed by atoms with E-state index in [1.807, 2.05) is 6.07 Å². The Hall–Kier alpha value is -1.56. The van der Waals surface area contributed by atoms with Gasteiger partial charge in [-0.15, -0.1) is 6.58 Å². The van der Waals surface area contributed by atoms with E-state index in [0.717, 1.165) is 10.0 Å². The zero-order valence-corrected chi connectivity index (χ0v) is 15.6. The summed E-state index contributed by atoms with van der Waals surface area (Å²) in [5.41, 5.74) is 1.19. The maximum atomic E-state index is 13.9. The summed E-state index contributed by atoms with van der Waals surface area (Å²) in [7, 11) is 1.56. The van der Waals surface area contributed by atoms with Gasteiger partial charge >= 0.3 is 0 Å². The number of rotatable bonds is 8. The van der Waals surface area contributed by atoms with Gasteiger partial charge in [0.2, 0.25) is 0 Å². The molecular formula is C18H18BrClFNO2. The van der Waals surface area contributed by atoms with Gasteiger partial charge in [0, 0.05) is 28.7 Å². The fraction of sp³-hybridized carbons (Fsp3) is 0.222. The van der Waals surface area contributed by atoms with Crippen LogP contribution in [-0.4, -0.2) is 13.7 Å². The van der Waals surface area contributed by atoms with Crippen LogP contribution in [0.5, 0.6) is 11.5 Å². The van der Waals surface area contributed by atoms with E-state index in [1.165, 1.54) is 6.07 Å². The highest BCUT2D eigenvalue weighted by Gasteiger charge is 2.16. The van der Waals surface area contributed by atoms with Gasteiger partial charge in [-0.05, 0) is 24.3 Å². The lowest BCUT2D eigenvalue weighted by Crippen LogP contribution is -2.14. The van der Waals surface area contributed by atoms with E-state index < -0.39 is 5.82 Å². The molecule has 0 bridgehead atoms. The number of hydrogen-bond donors (Lipinski definition) is 1. The topological polar surface area (TPSA) is 30.5 Å². The highest BCUT2D eigenvalue weighted by atomic mass is 79.9. The smallest absolute Gasteiger partial charge is 0.167 e. The quantitative estimate of drug-likeness (QED) is 0.481. The van der Waals surface area contributed by atoms with E-state index in [1.54, 1.807) is 31.4 Å². The number of halogens is 3. The summed E-state index contributed by atoms with van der Waals surface area (Å²) in [4.78, 5) is 0. The molecular weight excluding hydrogens is 397 g/mol. The SMILES string of the molecule is C=CCNCc1c(Br)ccc(OC)c1OCc1c(F)cccc1Cl. The second kappa shape index (κ2) is 9.06. The van der Waals surface area contributed by atoms with Crippen LogP contribution in [0.1, 0.15) is 11.1 Å². The Balaban J connectivity index is 2.30. The van der Waals surface area contributed by atoms with Crippen LogP contribution in [0.3, 0.4) is 0 Å². The Labute approximate surface area is 154 Å². The number of hydrogen-bond acceptors (Lipinski definition) is 3. The molecule has 0 spiro atoms. The number of nitrogens with one attached hydrogen (secondary N) is 1. The summed E-state index contributed by atoms with van der Waals surface area (Å²) in [6, 6.07) is 8.22. The van der Waals surface area contributed by atoms with Gasteiger partial charge < -0.3 is 14.8 Å². The lowest BCUT2D eigenvalue weighted by molar-refractivity contribution is 0.276. The molecule has 0 aliphatic rings. The van der Waals surface area contributed by atoms with Crippen LogP contribution in [0.15, 0.2) is 47.5 Å². The minimum absolute atomic E-state index is 0.00672. The third kappa shape index (κ3) is 4.50. The Morgan fingerprint density at radius 2 is 2.08 bits per heavy atom. The summed E-state index contributed by atoms with van der Waals surface area (Å²) < 4.78 is 26.1. The van der Waals surface area contributed by atoms with E-state index in [4.69, 9.17) is 21.1 Å². The van der Waals surface area contributed by atoms with E-state index in [0.29, 0.717) is 35.2 Å². The first-order valence-corrected chi connectivity index (χ1v) is 8.48. The molecule has 2 rings (SSSR count). The molecule has 1 N–H and O–H groups in total. The van der Waals surface area contributed by atoms with Gasteiger partial charge in [-0.1, -0.05) is 39.7 Å². The minimum Gasteiger partial charge on any atom is -0.493 e. The number of ether oxygens (including phenoxy) is 2. The zero-order valence-electron chi connectivity index (χ0n) is 13.2. The average molecular weight is 415 g/mol. The monoisotopic (exact) mass is 413 g/mol. The zero-order chi connectivity index (χ0) is 17.5. The molecule has 0 saturated carbocycles. The summed E-state index contributed by atoms with van der Waals surface area (Å²) in [6.07, 6.45) is 1.77. The third-order valence-electron chi connectivity index (χ3n) is 3.40. The van der Waals surface area contributed by atoms with E-state index in [9.17, 15) is 4.39 Å². The maximum Gasteiger partial charge on any atom is 0.167 e. The molecule has 0 amide bonds. The third-order valence-corrected chi connectivity index (χ3v) is 4.50. The van der Waals surface area contributed by atoms with E-state index in [2.05, 4.69) is 27.8 Å². The second-order valence-electron chi connectivity index (χ2n) is 4.97. The molecule has 0 radical (unpaired) electrons. The fourth-order valence-electron chi connectivity index (χ4n) is 2.18. The fourth-order valence-corrected chi connectivity index (χ4v) is 2.85. The van der Waals surface area contributed by atoms with Gasteiger partial charge in [-0.3, -0.25) is 0 Å². The predicted molar refractivity (Wildman–Crippen MR) is 98.3 cm³/mol. The van der Waals surface area contributed by atoms with Crippen LogP contribution in [0.2, 0.25) is 5.02 Å². The van der Waals surface area contributed by atoms with Crippen molar-refractivity contribution in [2.24, 2.45) is 0 Å². The summed E-state index contributed by atoms with van der Waals surface area (Å²) in [6.45, 7) is 4.89. The molecule has 0 unspecified atom stereocenters. The molecule has 3 nitrogen and oxygen atoms in total. The lowest BCUT2D eigenvalue weighted by atomic mass is 10.1. The van der Waals surface area contributed by atoms with Crippen LogP contribution in [0.4, 0.5) is 4.39 Å². The molecule has 0 heterocycles. The van der Waals surface area contributed by atoms with Crippen molar-refractivity contribution < 1.29 is 13.9 Å². The first-order valence-electron chi connectivity index (χ1n) is 7.31. The molecule has 2 aromatic carbocycles. The Kier molecular flexibility index (Phi) is 7.09. The van der Waals surface area contributed by atoms with Gasteiger partial charge in [0.1, 0.15) is 12.4 Å². The summed E-state index contributed by atoms with van der Waals surface area (Å²) in [5.74, 6) is 0.714. The first kappa shape index (κ1) is 18.8. The van der Waals surface area contributed by atoms with Crippen LogP contribution < -0.4 is 14.8 Å². The second-order valence-corrected chi connectivity index (χ2v) is 6.23. The Morgan fingerprint density at radius 3 is 2.75 bits per heavy atom. The summed E-state index contributed by atoms with van der Waals surface area (Å²) >= 11 is 9.58. The molecule has 24 heavy (non-hydrogen) atoms. The van der Waals surface area contributed by atoms with Crippen molar-refractivity contribution in [3.63, 3.8) is 0 Å². The molecule has 0 aliphatic carbocycles. The van der Waals surface area contributed by atoms with Gasteiger partial charge in [0.25, 0.3) is 0 Å². The molecule has 0 aliphatic heterocycles. The van der Waals surface area contributed by atoms with Crippen LogP contribution in [-0.2, 0) is 13.2 Å². The van der Waals surface area contributed by atoms with Gasteiger partial charge in [0.05, 0.1) is 12.1 Å². The molecule has 6 heteroatoms. The highest BCUT2D eigenvalue weighted by Crippen LogP contribution is 2.37. The minimum atomic E-state index is -0.400. The van der Waals surface area contributed by atoms with Gasteiger partial charge in [-0.25, -0.2) is 4.39 Å². The van der Waals surface area contributed by atoms with Crippen molar-refractivity contribution in [2.75, 3.05) is 13.7 Å². The molecule has 0 aromatic heterocycles. The van der Waals surface area contributed by atoms with Gasteiger partial charge in [0.15, 0.2) is 11.5 Å². The summed E-state index contributed by atoms with van der Waals surface area (Å²) in [5, 5.41) is 3.55. The van der Waals surface area contributed by atoms with Crippen molar-refractivity contribution in [2.45, 2.75) is 13.2 Å². The van der Waals surface area contributed by atoms with Crippen molar-refractivity contribution in [1.29, 1.82) is 0 Å². The van der Waals surface area contributed by atoms with Crippen LogP contribution in [0, 0.1) is 5.82 Å². The number of benzene rings is 2. The molecule has 0 atom stereocenters. The van der Waals surface area contributed by atoms with Crippen molar-refractivity contribution in [3.05, 3.63) is 69.4 Å². The average Bonchev–Trinajstić information content (AvgIpc) is 2.56. The lowest BCUT2D eigenvalue weighted by Gasteiger charge is -2.17. The molecule has 2 aromatic rings. The molecule has 0 fully saturated rings. The molecule has 128 valence electrons. The van der Waals surface area contributed by atoms with E-state index >= 15 is 0 Å². The first-order chi connectivity index (χ1) is 11.6. The largest absolute Gasteiger partial charge is 0.493 e. The standard InChI is InChI=1S/C18H18BrClFNO2/c1-3-9-22-10-12-14(19)7-8-17(23-2)18(12)24-11-13-15(20)5-4-6-16(13)21/h3-8,22H,1,9-11H2,2H3. The number of methoxy groups -OCH3 is 1. The Bertz CT molecular complexity index is 704. The predicted octanol–water partition coefficient (Wildman–Crippen LogP) is 5.10. The van der Waals surface area contributed by atoms with Crippen molar-refractivity contribution in [3.8, 4) is 11.5 Å². The van der Waals surface area contributed by atoms with Gasteiger partial charge in [-0.2, -0.15) is 0 Å². The van der Waals surface area contributed by atoms with Crippen molar-refractivity contribution >= 4 is 27.5 Å². The van der Waals surface area contributed by atoms with Crippen molar-refractivity contribution in [1.82, 2.24) is 5.32 Å². The normalized spacial score (nSPS) is 10.5. The molecule has 0 saturated heterocycles. The van der Waals surface area contributed by atoms with Crippen LogP contribution in [0.25, 0.3) is 0 Å². The van der Waals surface area contributed by atoms with Crippen LogP contribution >= 0.6 is 27.5 Å². The highest BCUT2D eigenvalue weighted by molar-refractivity contribution is 9.10. The Morgan fingerprint density at radius 1 is 1.29 bits per heavy atom. The van der Waals surface area contributed by atoms with E-state index in [-0.39, 0.29) is 6.61 Å². The maximum absolute atomic E-state index is 13.9.